The number of ether oxygens (including phenoxy) is 1. The third-order valence-corrected chi connectivity index (χ3v) is 6.58. The third kappa shape index (κ3) is 3.44. The fourth-order valence-electron chi connectivity index (χ4n) is 5.40. The number of amides is 3. The van der Waals surface area contributed by atoms with Crippen LogP contribution in [0.1, 0.15) is 53.9 Å². The first-order valence-corrected chi connectivity index (χ1v) is 10.9. The molecular weight excluding hydrogens is 374 g/mol. The van der Waals surface area contributed by atoms with Crippen molar-refractivity contribution in [1.29, 1.82) is 0 Å². The molecule has 164 valence electrons. The highest BCUT2D eigenvalue weighted by Gasteiger charge is 2.75. The molecule has 1 spiro atoms. The highest BCUT2D eigenvalue weighted by atomic mass is 16.5. The largest absolute Gasteiger partial charge is 0.394 e. The number of aliphatic hydroxyl groups excluding tert-OH is 1. The van der Waals surface area contributed by atoms with Crippen molar-refractivity contribution in [1.82, 2.24) is 15.5 Å². The van der Waals surface area contributed by atoms with Crippen LogP contribution in [0.15, 0.2) is 0 Å². The molecule has 8 nitrogen and oxygen atoms in total. The summed E-state index contributed by atoms with van der Waals surface area (Å²) in [5.74, 6) is -2.02. The second-order valence-corrected chi connectivity index (χ2v) is 9.25. The number of fused-ring (bicyclic) bond motifs is 1. The molecule has 3 N–H and O–H groups in total. The van der Waals surface area contributed by atoms with E-state index in [9.17, 15) is 19.5 Å². The molecule has 2 bridgehead atoms. The van der Waals surface area contributed by atoms with Crippen LogP contribution in [0.2, 0.25) is 0 Å². The number of aliphatic hydroxyl groups is 1. The van der Waals surface area contributed by atoms with Gasteiger partial charge in [-0.25, -0.2) is 0 Å². The van der Waals surface area contributed by atoms with Crippen molar-refractivity contribution in [2.45, 2.75) is 83.7 Å². The summed E-state index contributed by atoms with van der Waals surface area (Å²) in [6.45, 7) is 9.85. The number of nitrogens with one attached hydrogen (secondary N) is 2. The number of nitrogens with zero attached hydrogens (tertiary/aromatic N) is 1. The molecule has 0 aromatic heterocycles. The Morgan fingerprint density at radius 3 is 2.52 bits per heavy atom. The van der Waals surface area contributed by atoms with Gasteiger partial charge in [0.1, 0.15) is 11.6 Å². The van der Waals surface area contributed by atoms with Gasteiger partial charge in [0.05, 0.1) is 30.6 Å². The van der Waals surface area contributed by atoms with Gasteiger partial charge in [0.15, 0.2) is 0 Å². The normalized spacial score (nSPS) is 34.1. The summed E-state index contributed by atoms with van der Waals surface area (Å²) in [4.78, 5) is 41.3. The Morgan fingerprint density at radius 1 is 1.28 bits per heavy atom. The van der Waals surface area contributed by atoms with Crippen LogP contribution in [-0.2, 0) is 19.1 Å². The average molecular weight is 410 g/mol. The molecule has 3 aliphatic rings. The van der Waals surface area contributed by atoms with Crippen LogP contribution in [0, 0.1) is 17.8 Å². The Kier molecular flexibility index (Phi) is 6.24. The van der Waals surface area contributed by atoms with E-state index in [1.165, 1.54) is 4.90 Å². The number of likely N-dealkylation sites (tertiary alicyclic amines) is 1. The van der Waals surface area contributed by atoms with Crippen molar-refractivity contribution in [2.24, 2.45) is 17.8 Å². The van der Waals surface area contributed by atoms with E-state index in [4.69, 9.17) is 4.74 Å². The minimum atomic E-state index is -1.00. The Labute approximate surface area is 172 Å². The van der Waals surface area contributed by atoms with Gasteiger partial charge < -0.3 is 25.4 Å². The summed E-state index contributed by atoms with van der Waals surface area (Å²) in [5.41, 5.74) is -1.00. The van der Waals surface area contributed by atoms with Crippen LogP contribution in [0.4, 0.5) is 0 Å². The second-order valence-electron chi connectivity index (χ2n) is 9.25. The van der Waals surface area contributed by atoms with Crippen molar-refractivity contribution in [3.8, 4) is 0 Å². The molecule has 0 aliphatic carbocycles. The van der Waals surface area contributed by atoms with Crippen molar-refractivity contribution in [2.75, 3.05) is 13.2 Å². The lowest BCUT2D eigenvalue weighted by Gasteiger charge is -2.38. The fraction of sp³-hybridized carbons (Fsp3) is 0.857. The first kappa shape index (κ1) is 22.0. The van der Waals surface area contributed by atoms with Gasteiger partial charge in [-0.3, -0.25) is 14.4 Å². The Balaban J connectivity index is 2.03. The molecule has 2 unspecified atom stereocenters. The zero-order chi connectivity index (χ0) is 21.5. The molecular formula is C21H35N3O5. The molecule has 8 heteroatoms. The first-order valence-electron chi connectivity index (χ1n) is 10.9. The lowest BCUT2D eigenvalue weighted by atomic mass is 9.70. The van der Waals surface area contributed by atoms with E-state index in [0.717, 1.165) is 6.42 Å². The van der Waals surface area contributed by atoms with E-state index < -0.39 is 29.5 Å². The second kappa shape index (κ2) is 8.22. The molecule has 3 rings (SSSR count). The maximum atomic E-state index is 13.6. The van der Waals surface area contributed by atoms with Crippen LogP contribution in [0.5, 0.6) is 0 Å². The van der Waals surface area contributed by atoms with E-state index in [1.807, 2.05) is 34.6 Å². The summed E-state index contributed by atoms with van der Waals surface area (Å²) in [6.07, 6.45) is 1.68. The van der Waals surface area contributed by atoms with E-state index in [-0.39, 0.29) is 42.4 Å². The predicted molar refractivity (Wildman–Crippen MR) is 107 cm³/mol. The summed E-state index contributed by atoms with van der Waals surface area (Å²) >= 11 is 0. The SMILES string of the molecule is CCCNC(=O)[C@@H]1[C@@H]2CCC3(O2)C(C(=O)NC(C)C)N([C@@H](CO)C(C)C)C(=O)[C@H]13. The smallest absolute Gasteiger partial charge is 0.246 e. The monoisotopic (exact) mass is 409 g/mol. The first-order chi connectivity index (χ1) is 13.7. The number of hydrogen-bond acceptors (Lipinski definition) is 5. The van der Waals surface area contributed by atoms with Gasteiger partial charge in [-0.1, -0.05) is 20.8 Å². The van der Waals surface area contributed by atoms with Gasteiger partial charge in [0.2, 0.25) is 17.7 Å². The average Bonchev–Trinajstić information content (AvgIpc) is 3.27. The van der Waals surface area contributed by atoms with Gasteiger partial charge in [0.25, 0.3) is 0 Å². The van der Waals surface area contributed by atoms with E-state index in [0.29, 0.717) is 19.4 Å². The zero-order valence-corrected chi connectivity index (χ0v) is 18.1. The van der Waals surface area contributed by atoms with Crippen molar-refractivity contribution in [3.63, 3.8) is 0 Å². The van der Waals surface area contributed by atoms with Gasteiger partial charge in [-0.2, -0.15) is 0 Å². The van der Waals surface area contributed by atoms with Crippen LogP contribution >= 0.6 is 0 Å². The van der Waals surface area contributed by atoms with E-state index >= 15 is 0 Å². The van der Waals surface area contributed by atoms with Crippen molar-refractivity contribution >= 4 is 17.7 Å². The van der Waals surface area contributed by atoms with Crippen LogP contribution < -0.4 is 10.6 Å². The molecule has 0 aromatic carbocycles. The zero-order valence-electron chi connectivity index (χ0n) is 18.1. The molecule has 0 aromatic rings. The maximum Gasteiger partial charge on any atom is 0.246 e. The Hall–Kier alpha value is -1.67. The number of carbonyl (C=O) groups is 3. The molecule has 3 saturated heterocycles. The van der Waals surface area contributed by atoms with Crippen molar-refractivity contribution < 1.29 is 24.2 Å². The number of hydrogen-bond donors (Lipinski definition) is 3. The lowest BCUT2D eigenvalue weighted by molar-refractivity contribution is -0.147. The molecule has 0 saturated carbocycles. The molecule has 29 heavy (non-hydrogen) atoms. The van der Waals surface area contributed by atoms with Gasteiger partial charge >= 0.3 is 0 Å². The fourth-order valence-corrected chi connectivity index (χ4v) is 5.40. The minimum Gasteiger partial charge on any atom is -0.394 e. The Bertz CT molecular complexity index is 667. The predicted octanol–water partition coefficient (Wildman–Crippen LogP) is 0.429. The molecule has 0 radical (unpaired) electrons. The minimum absolute atomic E-state index is 0.0434. The van der Waals surface area contributed by atoms with Crippen LogP contribution in [0.3, 0.4) is 0 Å². The molecule has 3 fully saturated rings. The van der Waals surface area contributed by atoms with E-state index in [2.05, 4.69) is 10.6 Å². The van der Waals surface area contributed by atoms with Crippen LogP contribution in [0.25, 0.3) is 0 Å². The maximum absolute atomic E-state index is 13.6. The third-order valence-electron chi connectivity index (χ3n) is 6.58. The Morgan fingerprint density at radius 2 is 1.97 bits per heavy atom. The number of carbonyl (C=O) groups excluding carboxylic acids is 3. The lowest BCUT2D eigenvalue weighted by Crippen LogP contribution is -2.59. The molecule has 3 aliphatic heterocycles. The van der Waals surface area contributed by atoms with Crippen molar-refractivity contribution in [3.05, 3.63) is 0 Å². The van der Waals surface area contributed by atoms with Gasteiger partial charge in [-0.05, 0) is 39.0 Å². The molecule has 3 heterocycles. The number of rotatable bonds is 8. The summed E-state index contributed by atoms with van der Waals surface area (Å²) in [5, 5.41) is 15.9. The summed E-state index contributed by atoms with van der Waals surface area (Å²) in [6, 6.07) is -1.44. The van der Waals surface area contributed by atoms with Gasteiger partial charge in [0, 0.05) is 12.6 Å². The molecule has 3 amide bonds. The van der Waals surface area contributed by atoms with E-state index in [1.54, 1.807) is 0 Å². The van der Waals surface area contributed by atoms with Gasteiger partial charge in [-0.15, -0.1) is 0 Å². The summed E-state index contributed by atoms with van der Waals surface area (Å²) in [7, 11) is 0. The highest BCUT2D eigenvalue weighted by Crippen LogP contribution is 2.58. The highest BCUT2D eigenvalue weighted by molar-refractivity contribution is 5.99. The quantitative estimate of drug-likeness (QED) is 0.539. The molecule has 6 atom stereocenters. The summed E-state index contributed by atoms with van der Waals surface area (Å²) < 4.78 is 6.32. The topological polar surface area (TPSA) is 108 Å². The van der Waals surface area contributed by atoms with Crippen LogP contribution in [-0.4, -0.2) is 70.7 Å². The standard InChI is InChI=1S/C21H35N3O5/c1-6-9-22-18(26)15-14-7-8-21(29-14)16(15)20(28)24(13(10-25)11(2)3)17(21)19(27)23-12(4)5/h11-17,25H,6-10H2,1-5H3,(H,22,26)(H,23,27)/t13-,14-,15+,16-,17?,21?/m0/s1.